The minimum absolute atomic E-state index is 0.0347. The summed E-state index contributed by atoms with van der Waals surface area (Å²) in [6, 6.07) is 2.53. The van der Waals surface area contributed by atoms with E-state index >= 15 is 0 Å². The third-order valence-corrected chi connectivity index (χ3v) is 4.36. The quantitative estimate of drug-likeness (QED) is 0.788. The Labute approximate surface area is 117 Å². The molecule has 0 saturated carbocycles. The second-order valence-electron chi connectivity index (χ2n) is 5.44. The lowest BCUT2D eigenvalue weighted by Gasteiger charge is -2.32. The van der Waals surface area contributed by atoms with Gasteiger partial charge in [-0.1, -0.05) is 20.8 Å². The van der Waals surface area contributed by atoms with Gasteiger partial charge in [0, 0.05) is 25.8 Å². The van der Waals surface area contributed by atoms with Crippen molar-refractivity contribution < 1.29 is 4.74 Å². The molecule has 0 bridgehead atoms. The molecule has 1 aromatic heterocycles. The van der Waals surface area contributed by atoms with Gasteiger partial charge < -0.3 is 10.5 Å². The van der Waals surface area contributed by atoms with Crippen molar-refractivity contribution in [3.63, 3.8) is 0 Å². The first kappa shape index (κ1) is 16.2. The molecule has 2 N–H and O–H groups in total. The van der Waals surface area contributed by atoms with Crippen LogP contribution in [-0.4, -0.2) is 28.5 Å². The van der Waals surface area contributed by atoms with Crippen LogP contribution in [0.2, 0.25) is 0 Å². The number of methoxy groups -OCH3 is 1. The van der Waals surface area contributed by atoms with Gasteiger partial charge in [-0.2, -0.15) is 5.10 Å². The Morgan fingerprint density at radius 3 is 2.47 bits per heavy atom. The molecule has 0 amide bonds. The molecule has 2 atom stereocenters. The number of hydrogen-bond donors (Lipinski definition) is 1. The van der Waals surface area contributed by atoms with Crippen molar-refractivity contribution in [1.29, 1.82) is 0 Å². The van der Waals surface area contributed by atoms with Crippen LogP contribution in [0.1, 0.15) is 58.7 Å². The highest BCUT2D eigenvalue weighted by Gasteiger charge is 2.30. The molecular formula is C15H29N3O. The first-order chi connectivity index (χ1) is 9.00. The molecule has 19 heavy (non-hydrogen) atoms. The molecule has 0 fully saturated rings. The lowest BCUT2D eigenvalue weighted by atomic mass is 9.90. The normalized spacial score (nSPS) is 16.6. The Morgan fingerprint density at radius 2 is 2.00 bits per heavy atom. The minimum atomic E-state index is -0.279. The number of nitrogens with zero attached hydrogens (tertiary/aromatic N) is 2. The zero-order valence-corrected chi connectivity index (χ0v) is 13.0. The summed E-state index contributed by atoms with van der Waals surface area (Å²) >= 11 is 0. The molecule has 1 rings (SSSR count). The largest absolute Gasteiger partial charge is 0.377 e. The van der Waals surface area contributed by atoms with Crippen LogP contribution in [0.25, 0.3) is 0 Å². The smallest absolute Gasteiger partial charge is 0.0802 e. The monoisotopic (exact) mass is 267 g/mol. The van der Waals surface area contributed by atoms with Crippen molar-refractivity contribution in [3.05, 3.63) is 18.0 Å². The number of aromatic nitrogens is 2. The molecule has 0 aliphatic carbocycles. The van der Waals surface area contributed by atoms with Gasteiger partial charge in [0.05, 0.1) is 17.3 Å². The highest BCUT2D eigenvalue weighted by Crippen LogP contribution is 2.21. The van der Waals surface area contributed by atoms with Crippen LogP contribution in [0.4, 0.5) is 0 Å². The Kier molecular flexibility index (Phi) is 6.01. The molecular weight excluding hydrogens is 238 g/mol. The van der Waals surface area contributed by atoms with E-state index in [2.05, 4.69) is 49.7 Å². The van der Waals surface area contributed by atoms with Gasteiger partial charge in [-0.3, -0.25) is 4.68 Å². The van der Waals surface area contributed by atoms with Crippen LogP contribution in [0.15, 0.2) is 12.3 Å². The van der Waals surface area contributed by atoms with Crippen LogP contribution >= 0.6 is 0 Å². The molecule has 2 unspecified atom stereocenters. The average molecular weight is 267 g/mol. The van der Waals surface area contributed by atoms with Gasteiger partial charge in [0.15, 0.2) is 0 Å². The van der Waals surface area contributed by atoms with Gasteiger partial charge in [-0.05, 0) is 32.3 Å². The predicted molar refractivity (Wildman–Crippen MR) is 79.2 cm³/mol. The minimum Gasteiger partial charge on any atom is -0.377 e. The van der Waals surface area contributed by atoms with Gasteiger partial charge in [0.25, 0.3) is 0 Å². The van der Waals surface area contributed by atoms with Crippen molar-refractivity contribution >= 4 is 0 Å². The van der Waals surface area contributed by atoms with Crippen molar-refractivity contribution in [2.75, 3.05) is 7.11 Å². The fraction of sp³-hybridized carbons (Fsp3) is 0.800. The summed E-state index contributed by atoms with van der Waals surface area (Å²) < 4.78 is 7.63. The highest BCUT2D eigenvalue weighted by atomic mass is 16.5. The Morgan fingerprint density at radius 1 is 1.37 bits per heavy atom. The van der Waals surface area contributed by atoms with E-state index < -0.39 is 0 Å². The molecule has 0 aliphatic rings. The number of hydrogen-bond acceptors (Lipinski definition) is 3. The van der Waals surface area contributed by atoms with E-state index in [0.717, 1.165) is 31.4 Å². The Bertz CT molecular complexity index is 367. The lowest BCUT2D eigenvalue weighted by Crippen LogP contribution is -2.48. The van der Waals surface area contributed by atoms with E-state index in [4.69, 9.17) is 10.5 Å². The summed E-state index contributed by atoms with van der Waals surface area (Å²) in [6.45, 7) is 8.56. The standard InChI is InChI=1S/C15H29N3O/c1-6-13(7-2)18-10-9-12(17-18)11-14(16)15(4,8-3)19-5/h9-10,13-14H,6-8,11,16H2,1-5H3. The number of rotatable bonds is 8. The molecule has 0 aromatic carbocycles. The Balaban J connectivity index is 2.73. The van der Waals surface area contributed by atoms with Gasteiger partial charge >= 0.3 is 0 Å². The summed E-state index contributed by atoms with van der Waals surface area (Å²) in [7, 11) is 1.73. The first-order valence-corrected chi connectivity index (χ1v) is 7.35. The maximum atomic E-state index is 6.28. The summed E-state index contributed by atoms with van der Waals surface area (Å²) in [5, 5.41) is 4.66. The average Bonchev–Trinajstić information content (AvgIpc) is 2.87. The van der Waals surface area contributed by atoms with E-state index in [-0.39, 0.29) is 11.6 Å². The van der Waals surface area contributed by atoms with E-state index in [1.54, 1.807) is 7.11 Å². The maximum absolute atomic E-state index is 6.28. The molecule has 1 heterocycles. The molecule has 1 aromatic rings. The van der Waals surface area contributed by atoms with Crippen LogP contribution in [-0.2, 0) is 11.2 Å². The van der Waals surface area contributed by atoms with E-state index in [1.807, 2.05) is 0 Å². The van der Waals surface area contributed by atoms with Crippen molar-refractivity contribution in [2.24, 2.45) is 5.73 Å². The zero-order valence-electron chi connectivity index (χ0n) is 13.0. The summed E-state index contributed by atoms with van der Waals surface area (Å²) in [5.74, 6) is 0. The van der Waals surface area contributed by atoms with Crippen molar-refractivity contribution in [2.45, 2.75) is 71.1 Å². The maximum Gasteiger partial charge on any atom is 0.0802 e. The second kappa shape index (κ2) is 7.06. The lowest BCUT2D eigenvalue weighted by molar-refractivity contribution is -0.0187. The summed E-state index contributed by atoms with van der Waals surface area (Å²) in [4.78, 5) is 0. The van der Waals surface area contributed by atoms with Crippen molar-refractivity contribution in [3.8, 4) is 0 Å². The fourth-order valence-corrected chi connectivity index (χ4v) is 2.35. The molecule has 0 spiro atoms. The summed E-state index contributed by atoms with van der Waals surface area (Å²) in [5.41, 5.74) is 7.05. The topological polar surface area (TPSA) is 53.1 Å². The predicted octanol–water partition coefficient (Wildman–Crippen LogP) is 2.93. The van der Waals surface area contributed by atoms with Gasteiger partial charge in [-0.25, -0.2) is 0 Å². The van der Waals surface area contributed by atoms with Crippen LogP contribution in [0.5, 0.6) is 0 Å². The molecule has 0 radical (unpaired) electrons. The third-order valence-electron chi connectivity index (χ3n) is 4.36. The van der Waals surface area contributed by atoms with Crippen LogP contribution in [0, 0.1) is 0 Å². The van der Waals surface area contributed by atoms with Crippen LogP contribution in [0.3, 0.4) is 0 Å². The molecule has 110 valence electrons. The van der Waals surface area contributed by atoms with E-state index in [9.17, 15) is 0 Å². The first-order valence-electron chi connectivity index (χ1n) is 7.35. The number of nitrogens with two attached hydrogens (primary N) is 1. The fourth-order valence-electron chi connectivity index (χ4n) is 2.35. The molecule has 4 heteroatoms. The van der Waals surface area contributed by atoms with Crippen LogP contribution < -0.4 is 5.73 Å². The second-order valence-corrected chi connectivity index (χ2v) is 5.44. The van der Waals surface area contributed by atoms with E-state index in [1.165, 1.54) is 0 Å². The molecule has 0 saturated heterocycles. The van der Waals surface area contributed by atoms with Gasteiger partial charge in [0.2, 0.25) is 0 Å². The molecule has 0 aliphatic heterocycles. The third kappa shape index (κ3) is 3.80. The SMILES string of the molecule is CCC(CC)n1ccc(CC(N)C(C)(CC)OC)n1. The zero-order chi connectivity index (χ0) is 14.5. The van der Waals surface area contributed by atoms with E-state index in [0.29, 0.717) is 6.04 Å². The number of ether oxygens (including phenoxy) is 1. The van der Waals surface area contributed by atoms with Crippen molar-refractivity contribution in [1.82, 2.24) is 9.78 Å². The van der Waals surface area contributed by atoms with Gasteiger partial charge in [-0.15, -0.1) is 0 Å². The summed E-state index contributed by atoms with van der Waals surface area (Å²) in [6.07, 6.45) is 5.93. The molecule has 4 nitrogen and oxygen atoms in total. The highest BCUT2D eigenvalue weighted by molar-refractivity contribution is 5.05. The Hall–Kier alpha value is -0.870. The van der Waals surface area contributed by atoms with Gasteiger partial charge in [0.1, 0.15) is 0 Å².